The number of nitrogens with one attached hydrogen (secondary N) is 1. The minimum atomic E-state index is -0.502. The zero-order chi connectivity index (χ0) is 11.0. The number of imidazole rings is 1. The lowest BCUT2D eigenvalue weighted by molar-refractivity contribution is 0.595. The highest BCUT2D eigenvalue weighted by Gasteiger charge is 2.10. The van der Waals surface area contributed by atoms with E-state index in [0.717, 1.165) is 12.1 Å². The number of hydrogen-bond acceptors (Lipinski definition) is 2. The molecule has 1 aromatic heterocycles. The fourth-order valence-electron chi connectivity index (χ4n) is 1.33. The molecule has 0 aliphatic carbocycles. The van der Waals surface area contributed by atoms with Gasteiger partial charge >= 0.3 is 0 Å². The van der Waals surface area contributed by atoms with Crippen LogP contribution in [0, 0.1) is 18.6 Å². The van der Waals surface area contributed by atoms with Gasteiger partial charge in [0, 0.05) is 5.56 Å². The average molecular weight is 209 g/mol. The normalized spacial score (nSPS) is 10.6. The Hall–Kier alpha value is -1.91. The average Bonchev–Trinajstić information content (AvgIpc) is 2.58. The summed E-state index contributed by atoms with van der Waals surface area (Å²) in [6.45, 7) is 1.50. The van der Waals surface area contributed by atoms with Crippen LogP contribution in [0.1, 0.15) is 5.56 Å². The van der Waals surface area contributed by atoms with Crippen molar-refractivity contribution in [2.75, 3.05) is 5.73 Å². The van der Waals surface area contributed by atoms with Crippen molar-refractivity contribution in [1.29, 1.82) is 0 Å². The predicted octanol–water partition coefficient (Wildman–Crippen LogP) is 2.25. The Morgan fingerprint density at radius 1 is 1.27 bits per heavy atom. The quantitative estimate of drug-likeness (QED) is 0.756. The van der Waals surface area contributed by atoms with E-state index in [4.69, 9.17) is 5.73 Å². The number of nitrogens with two attached hydrogens (primary N) is 1. The molecular weight excluding hydrogens is 200 g/mol. The van der Waals surface area contributed by atoms with E-state index < -0.39 is 11.6 Å². The number of aromatic nitrogens is 2. The van der Waals surface area contributed by atoms with E-state index in [1.54, 1.807) is 0 Å². The molecule has 0 saturated heterocycles. The first kappa shape index (κ1) is 9.64. The Balaban J connectivity index is 2.58. The first-order valence-corrected chi connectivity index (χ1v) is 4.34. The number of rotatable bonds is 1. The van der Waals surface area contributed by atoms with Crippen LogP contribution in [0.15, 0.2) is 18.3 Å². The molecule has 15 heavy (non-hydrogen) atoms. The molecule has 1 aromatic carbocycles. The molecule has 0 aliphatic heterocycles. The van der Waals surface area contributed by atoms with Crippen LogP contribution in [-0.2, 0) is 0 Å². The highest BCUT2D eigenvalue weighted by molar-refractivity contribution is 5.61. The predicted molar refractivity (Wildman–Crippen MR) is 53.1 cm³/mol. The summed E-state index contributed by atoms with van der Waals surface area (Å²) in [7, 11) is 0. The van der Waals surface area contributed by atoms with Gasteiger partial charge in [-0.05, 0) is 24.6 Å². The molecule has 2 aromatic rings. The Morgan fingerprint density at radius 3 is 2.60 bits per heavy atom. The lowest BCUT2D eigenvalue weighted by Crippen LogP contribution is -1.91. The summed E-state index contributed by atoms with van der Waals surface area (Å²) in [5, 5.41) is 0. The number of hydrogen-bond donors (Lipinski definition) is 2. The van der Waals surface area contributed by atoms with Crippen LogP contribution >= 0.6 is 0 Å². The molecule has 2 rings (SSSR count). The first-order chi connectivity index (χ1) is 7.08. The zero-order valence-corrected chi connectivity index (χ0v) is 8.01. The van der Waals surface area contributed by atoms with Gasteiger partial charge < -0.3 is 10.7 Å². The van der Waals surface area contributed by atoms with E-state index in [2.05, 4.69) is 9.97 Å². The second-order valence-electron chi connectivity index (χ2n) is 3.26. The summed E-state index contributed by atoms with van der Waals surface area (Å²) >= 11 is 0. The Morgan fingerprint density at radius 2 is 2.00 bits per heavy atom. The lowest BCUT2D eigenvalue weighted by atomic mass is 10.1. The molecule has 0 unspecified atom stereocenters. The van der Waals surface area contributed by atoms with E-state index >= 15 is 0 Å². The maximum atomic E-state index is 13.5. The summed E-state index contributed by atoms with van der Waals surface area (Å²) < 4.78 is 26.7. The number of nitrogens with zero attached hydrogens (tertiary/aromatic N) is 1. The van der Waals surface area contributed by atoms with Crippen LogP contribution in [0.4, 0.5) is 14.7 Å². The highest BCUT2D eigenvalue weighted by Crippen LogP contribution is 2.24. The van der Waals surface area contributed by atoms with Gasteiger partial charge in [0.2, 0.25) is 0 Å². The maximum Gasteiger partial charge on any atom is 0.197 e. The Bertz CT molecular complexity index is 505. The standard InChI is InChI=1S/C10H9F2N3/c1-5-2-8(12)6(3-7(5)11)9-4-14-10(13)15-9/h2-4H,1H3,(H3,13,14,15). The van der Waals surface area contributed by atoms with Gasteiger partial charge in [-0.25, -0.2) is 13.8 Å². The third kappa shape index (κ3) is 1.68. The monoisotopic (exact) mass is 209 g/mol. The molecule has 0 aliphatic rings. The van der Waals surface area contributed by atoms with Gasteiger partial charge in [0.1, 0.15) is 11.6 Å². The van der Waals surface area contributed by atoms with Gasteiger partial charge in [-0.15, -0.1) is 0 Å². The van der Waals surface area contributed by atoms with Crippen LogP contribution in [0.3, 0.4) is 0 Å². The molecule has 0 amide bonds. The number of benzene rings is 1. The molecule has 78 valence electrons. The molecule has 3 N–H and O–H groups in total. The number of H-pyrrole nitrogens is 1. The molecule has 0 spiro atoms. The van der Waals surface area contributed by atoms with Crippen molar-refractivity contribution in [3.8, 4) is 11.3 Å². The largest absolute Gasteiger partial charge is 0.369 e. The summed E-state index contributed by atoms with van der Waals surface area (Å²) in [4.78, 5) is 6.36. The van der Waals surface area contributed by atoms with E-state index in [9.17, 15) is 8.78 Å². The summed E-state index contributed by atoms with van der Waals surface area (Å²) in [6.07, 6.45) is 1.36. The van der Waals surface area contributed by atoms with Crippen LogP contribution in [-0.4, -0.2) is 9.97 Å². The van der Waals surface area contributed by atoms with Crippen LogP contribution in [0.5, 0.6) is 0 Å². The van der Waals surface area contributed by atoms with Gasteiger partial charge in [0.15, 0.2) is 5.95 Å². The first-order valence-electron chi connectivity index (χ1n) is 4.34. The van der Waals surface area contributed by atoms with Crippen LogP contribution in [0.25, 0.3) is 11.3 Å². The number of aryl methyl sites for hydroxylation is 1. The maximum absolute atomic E-state index is 13.5. The van der Waals surface area contributed by atoms with Gasteiger partial charge in [-0.1, -0.05) is 0 Å². The van der Waals surface area contributed by atoms with E-state index in [0.29, 0.717) is 5.69 Å². The number of halogens is 2. The molecule has 5 heteroatoms. The Kier molecular flexibility index (Phi) is 2.15. The molecule has 0 saturated carbocycles. The smallest absolute Gasteiger partial charge is 0.197 e. The third-order valence-corrected chi connectivity index (χ3v) is 2.13. The van der Waals surface area contributed by atoms with Gasteiger partial charge in [-0.3, -0.25) is 0 Å². The Labute approximate surface area is 85.0 Å². The second kappa shape index (κ2) is 3.34. The molecule has 0 atom stereocenters. The van der Waals surface area contributed by atoms with E-state index in [1.807, 2.05) is 0 Å². The lowest BCUT2D eigenvalue weighted by Gasteiger charge is -2.02. The van der Waals surface area contributed by atoms with Gasteiger partial charge in [-0.2, -0.15) is 0 Å². The van der Waals surface area contributed by atoms with Crippen molar-refractivity contribution < 1.29 is 8.78 Å². The molecule has 3 nitrogen and oxygen atoms in total. The van der Waals surface area contributed by atoms with E-state index in [-0.39, 0.29) is 17.1 Å². The minimum absolute atomic E-state index is 0.127. The molecule has 1 heterocycles. The highest BCUT2D eigenvalue weighted by atomic mass is 19.1. The summed E-state index contributed by atoms with van der Waals surface area (Å²) in [6, 6.07) is 2.26. The van der Waals surface area contributed by atoms with Crippen molar-refractivity contribution >= 4 is 5.95 Å². The zero-order valence-electron chi connectivity index (χ0n) is 8.01. The second-order valence-corrected chi connectivity index (χ2v) is 3.26. The van der Waals surface area contributed by atoms with Crippen molar-refractivity contribution in [3.05, 3.63) is 35.5 Å². The minimum Gasteiger partial charge on any atom is -0.369 e. The van der Waals surface area contributed by atoms with Crippen LogP contribution < -0.4 is 5.73 Å². The fraction of sp³-hybridized carbons (Fsp3) is 0.100. The third-order valence-electron chi connectivity index (χ3n) is 2.13. The summed E-state index contributed by atoms with van der Waals surface area (Å²) in [5.74, 6) is -0.789. The van der Waals surface area contributed by atoms with Gasteiger partial charge in [0.05, 0.1) is 11.9 Å². The number of aromatic amines is 1. The van der Waals surface area contributed by atoms with Crippen molar-refractivity contribution in [2.24, 2.45) is 0 Å². The molecular formula is C10H9F2N3. The number of anilines is 1. The topological polar surface area (TPSA) is 54.7 Å². The number of nitrogen functional groups attached to an aromatic ring is 1. The molecule has 0 fully saturated rings. The van der Waals surface area contributed by atoms with Crippen LogP contribution in [0.2, 0.25) is 0 Å². The van der Waals surface area contributed by atoms with Crippen molar-refractivity contribution in [3.63, 3.8) is 0 Å². The van der Waals surface area contributed by atoms with Gasteiger partial charge in [0.25, 0.3) is 0 Å². The summed E-state index contributed by atoms with van der Waals surface area (Å²) in [5.41, 5.74) is 6.11. The van der Waals surface area contributed by atoms with E-state index in [1.165, 1.54) is 13.1 Å². The fourth-order valence-corrected chi connectivity index (χ4v) is 1.33. The SMILES string of the molecule is Cc1cc(F)c(-c2cnc(N)[nH]2)cc1F. The van der Waals surface area contributed by atoms with Crippen molar-refractivity contribution in [1.82, 2.24) is 9.97 Å². The van der Waals surface area contributed by atoms with Crippen molar-refractivity contribution in [2.45, 2.75) is 6.92 Å². The molecule has 0 bridgehead atoms. The molecule has 0 radical (unpaired) electrons.